The maximum absolute atomic E-state index is 12.7. The van der Waals surface area contributed by atoms with E-state index in [1.807, 2.05) is 0 Å². The van der Waals surface area contributed by atoms with Crippen molar-refractivity contribution < 1.29 is 14.6 Å². The smallest absolute Gasteiger partial charge is 0.186 e. The number of rotatable bonds is 0. The van der Waals surface area contributed by atoms with Crippen molar-refractivity contribution in [3.8, 4) is 0 Å². The number of carbonyl (C=O) groups excluding carboxylic acids is 1. The molecule has 25 heavy (non-hydrogen) atoms. The Morgan fingerprint density at radius 1 is 1.16 bits per heavy atom. The highest BCUT2D eigenvalue weighted by Crippen LogP contribution is 2.66. The second kappa shape index (κ2) is 4.92. The fraction of sp³-hybridized carbons (Fsp3) is 0.789. The van der Waals surface area contributed by atoms with Crippen molar-refractivity contribution in [1.82, 2.24) is 10.3 Å². The van der Waals surface area contributed by atoms with Crippen LogP contribution in [0.3, 0.4) is 0 Å². The van der Waals surface area contributed by atoms with E-state index in [4.69, 9.17) is 4.63 Å². The molecule has 1 aromatic rings. The van der Waals surface area contributed by atoms with Gasteiger partial charge in [-0.05, 0) is 61.7 Å². The van der Waals surface area contributed by atoms with Crippen molar-refractivity contribution in [2.24, 2.45) is 33.7 Å². The lowest BCUT2D eigenvalue weighted by molar-refractivity contribution is -0.132. The Bertz CT molecular complexity index is 772. The van der Waals surface area contributed by atoms with Crippen LogP contribution in [0.2, 0.25) is 0 Å². The minimum atomic E-state index is -0.332. The molecule has 3 fully saturated rings. The maximum atomic E-state index is 12.7. The van der Waals surface area contributed by atoms with Crippen molar-refractivity contribution in [1.29, 1.82) is 0 Å². The van der Waals surface area contributed by atoms with E-state index in [1.165, 1.54) is 0 Å². The number of fused-ring (bicyclic) bond motifs is 7. The first-order chi connectivity index (χ1) is 12.0. The summed E-state index contributed by atoms with van der Waals surface area (Å²) in [4.78, 5) is 12.7. The Kier molecular flexibility index (Phi) is 3.06. The van der Waals surface area contributed by atoms with Gasteiger partial charge in [0.05, 0.1) is 0 Å². The van der Waals surface area contributed by atoms with E-state index in [-0.39, 0.29) is 16.6 Å². The third-order valence-electron chi connectivity index (χ3n) is 8.39. The highest BCUT2D eigenvalue weighted by Gasteiger charge is 2.62. The van der Waals surface area contributed by atoms with E-state index in [2.05, 4.69) is 29.3 Å². The number of Topliss-reactive ketones (excluding diaryl/α,β-unsaturated/α-hetero) is 1. The summed E-state index contributed by atoms with van der Waals surface area (Å²) >= 11 is 0. The summed E-state index contributed by atoms with van der Waals surface area (Å²) in [5.41, 5.74) is 2.40. The van der Waals surface area contributed by atoms with Gasteiger partial charge in [0.25, 0.3) is 0 Å². The van der Waals surface area contributed by atoms with Gasteiger partial charge >= 0.3 is 0 Å². The van der Waals surface area contributed by atoms with Gasteiger partial charge in [0.15, 0.2) is 5.78 Å². The zero-order valence-electron chi connectivity index (χ0n) is 14.9. The molecule has 5 rings (SSSR count). The van der Waals surface area contributed by atoms with Gasteiger partial charge in [-0.15, -0.1) is 0 Å². The predicted molar refractivity (Wildman–Crippen MR) is 89.4 cm³/mol. The lowest BCUT2D eigenvalue weighted by Gasteiger charge is -2.58. The van der Waals surface area contributed by atoms with Gasteiger partial charge in [-0.25, -0.2) is 4.63 Å². The van der Waals surface area contributed by atoms with E-state index in [0.29, 0.717) is 35.8 Å². The van der Waals surface area contributed by atoms with E-state index in [1.54, 1.807) is 0 Å². The predicted octanol–water partition coefficient (Wildman–Crippen LogP) is 3.35. The topological polar surface area (TPSA) is 88.6 Å². The normalized spacial score (nSPS) is 47.1. The van der Waals surface area contributed by atoms with Crippen molar-refractivity contribution in [2.45, 2.75) is 64.7 Å². The summed E-state index contributed by atoms with van der Waals surface area (Å²) in [5, 5.41) is 20.9. The summed E-state index contributed by atoms with van der Waals surface area (Å²) < 4.78 is 5.04. The lowest BCUT2D eigenvalue weighted by atomic mass is 9.45. The van der Waals surface area contributed by atoms with Crippen LogP contribution in [0.1, 0.15) is 69.7 Å². The van der Waals surface area contributed by atoms with Crippen LogP contribution < -0.4 is 0 Å². The second-order valence-electron chi connectivity index (χ2n) is 9.14. The summed E-state index contributed by atoms with van der Waals surface area (Å²) in [5.74, 6) is 1.96. The van der Waals surface area contributed by atoms with E-state index in [9.17, 15) is 10.0 Å². The van der Waals surface area contributed by atoms with E-state index >= 15 is 0 Å². The first-order valence-corrected chi connectivity index (χ1v) is 9.56. The molecular formula is C19H25N3O3. The standard InChI is InChI=1S/C19H25N3O3/c1-18-8-6-14-16(22-25-21-14)12(18)4-3-10-11(18)5-7-19(2)13(10)9-15(20-24)17(19)23/h10-13,24H,3-9H2,1-2H3/b20-15-/t10-,11?,12?,13?,18-,19+/m1/s1. The van der Waals surface area contributed by atoms with Crippen LogP contribution in [0.15, 0.2) is 9.78 Å². The average Bonchev–Trinajstić information content (AvgIpc) is 3.17. The Hall–Kier alpha value is -1.72. The number of nitrogens with zero attached hydrogens (tertiary/aromatic N) is 3. The van der Waals surface area contributed by atoms with Crippen LogP contribution in [0, 0.1) is 28.6 Å². The number of carbonyl (C=O) groups is 1. The fourth-order valence-electron chi connectivity index (χ4n) is 7.00. The number of ketones is 1. The minimum absolute atomic E-state index is 0.0809. The first kappa shape index (κ1) is 15.5. The molecule has 0 aromatic carbocycles. The van der Waals surface area contributed by atoms with Gasteiger partial charge in [0, 0.05) is 17.8 Å². The van der Waals surface area contributed by atoms with Crippen molar-refractivity contribution in [2.75, 3.05) is 0 Å². The van der Waals surface area contributed by atoms with Crippen LogP contribution in [-0.4, -0.2) is 27.0 Å². The third-order valence-corrected chi connectivity index (χ3v) is 8.39. The molecule has 0 amide bonds. The first-order valence-electron chi connectivity index (χ1n) is 9.56. The van der Waals surface area contributed by atoms with Crippen molar-refractivity contribution >= 4 is 11.5 Å². The van der Waals surface area contributed by atoms with Gasteiger partial charge < -0.3 is 5.21 Å². The molecule has 0 spiro atoms. The van der Waals surface area contributed by atoms with Crippen LogP contribution in [-0.2, 0) is 11.2 Å². The molecule has 0 bridgehead atoms. The Balaban J connectivity index is 1.52. The van der Waals surface area contributed by atoms with Gasteiger partial charge in [0.2, 0.25) is 0 Å². The quantitative estimate of drug-likeness (QED) is 0.576. The molecule has 0 radical (unpaired) electrons. The second-order valence-corrected chi connectivity index (χ2v) is 9.14. The molecule has 0 saturated heterocycles. The average molecular weight is 343 g/mol. The molecule has 1 heterocycles. The monoisotopic (exact) mass is 343 g/mol. The SMILES string of the molecule is C[C@]12CCc3nonc3C1CC[C@@H]1C2CC[C@]2(C)C(=O)/C(=N\O)CC12. The van der Waals surface area contributed by atoms with Crippen LogP contribution in [0.4, 0.5) is 0 Å². The zero-order chi connectivity index (χ0) is 17.4. The molecule has 6 heteroatoms. The molecular weight excluding hydrogens is 318 g/mol. The molecule has 1 aromatic heterocycles. The Morgan fingerprint density at radius 3 is 2.80 bits per heavy atom. The largest absolute Gasteiger partial charge is 0.411 e. The maximum Gasteiger partial charge on any atom is 0.186 e. The lowest BCUT2D eigenvalue weighted by Crippen LogP contribution is -2.52. The summed E-state index contributed by atoms with van der Waals surface area (Å²) in [6, 6.07) is 0. The molecule has 4 aliphatic rings. The van der Waals surface area contributed by atoms with Crippen molar-refractivity contribution in [3.63, 3.8) is 0 Å². The molecule has 0 aliphatic heterocycles. The van der Waals surface area contributed by atoms with Gasteiger partial charge in [-0.1, -0.05) is 29.3 Å². The van der Waals surface area contributed by atoms with Crippen molar-refractivity contribution in [3.05, 3.63) is 11.4 Å². The molecule has 1 N–H and O–H groups in total. The zero-order valence-corrected chi connectivity index (χ0v) is 14.9. The van der Waals surface area contributed by atoms with Gasteiger partial charge in [-0.2, -0.15) is 0 Å². The van der Waals surface area contributed by atoms with Crippen LogP contribution >= 0.6 is 0 Å². The number of hydrogen-bond acceptors (Lipinski definition) is 6. The summed E-state index contributed by atoms with van der Waals surface area (Å²) in [6.07, 6.45) is 6.90. The minimum Gasteiger partial charge on any atom is -0.411 e. The molecule has 4 aliphatic carbocycles. The van der Waals surface area contributed by atoms with Crippen LogP contribution in [0.25, 0.3) is 0 Å². The van der Waals surface area contributed by atoms with E-state index in [0.717, 1.165) is 49.9 Å². The highest BCUT2D eigenvalue weighted by molar-refractivity contribution is 6.43. The van der Waals surface area contributed by atoms with E-state index < -0.39 is 0 Å². The molecule has 3 saturated carbocycles. The number of hydrogen-bond donors (Lipinski definition) is 1. The summed E-state index contributed by atoms with van der Waals surface area (Å²) in [7, 11) is 0. The fourth-order valence-corrected chi connectivity index (χ4v) is 7.00. The number of aryl methyl sites for hydroxylation is 1. The Morgan fingerprint density at radius 2 is 2.00 bits per heavy atom. The molecule has 3 unspecified atom stereocenters. The van der Waals surface area contributed by atoms with Crippen LogP contribution in [0.5, 0.6) is 0 Å². The summed E-state index contributed by atoms with van der Waals surface area (Å²) in [6.45, 7) is 4.52. The molecule has 134 valence electrons. The molecule has 6 atom stereocenters. The third kappa shape index (κ3) is 1.80. The van der Waals surface area contributed by atoms with Gasteiger partial charge in [0.1, 0.15) is 17.1 Å². The van der Waals surface area contributed by atoms with Gasteiger partial charge in [-0.3, -0.25) is 4.79 Å². The molecule has 6 nitrogen and oxygen atoms in total. The number of oxime groups is 1. The number of aromatic nitrogens is 2. The Labute approximate surface area is 147 Å². The highest BCUT2D eigenvalue weighted by atomic mass is 16.6.